The van der Waals surface area contributed by atoms with E-state index >= 15 is 0 Å². The van der Waals surface area contributed by atoms with Crippen LogP contribution in [0.3, 0.4) is 0 Å². The van der Waals surface area contributed by atoms with Gasteiger partial charge in [-0.1, -0.05) is 0 Å². The van der Waals surface area contributed by atoms with Crippen molar-refractivity contribution >= 4 is 27.3 Å². The van der Waals surface area contributed by atoms with E-state index in [2.05, 4.69) is 20.9 Å². The van der Waals surface area contributed by atoms with E-state index < -0.39 is 18.2 Å². The van der Waals surface area contributed by atoms with E-state index in [4.69, 9.17) is 5.11 Å². The van der Waals surface area contributed by atoms with Gasteiger partial charge in [-0.15, -0.1) is 11.3 Å². The first-order chi connectivity index (χ1) is 5.06. The molecule has 0 amide bonds. The van der Waals surface area contributed by atoms with Crippen molar-refractivity contribution in [2.75, 3.05) is 6.61 Å². The lowest BCUT2D eigenvalue weighted by atomic mass is 10.3. The highest BCUT2D eigenvalue weighted by Gasteiger charge is 2.33. The first kappa shape index (κ1) is 9.02. The Kier molecular flexibility index (Phi) is 2.56. The number of aliphatic hydroxyl groups excluding tert-OH is 1. The van der Waals surface area contributed by atoms with Gasteiger partial charge in [0.15, 0.2) is 3.92 Å². The van der Waals surface area contributed by atoms with E-state index in [0.717, 1.165) is 11.3 Å². The molecule has 6 heteroatoms. The lowest BCUT2D eigenvalue weighted by Gasteiger charge is -2.08. The molecule has 62 valence electrons. The van der Waals surface area contributed by atoms with Gasteiger partial charge in [0.05, 0.1) is 0 Å². The van der Waals surface area contributed by atoms with Crippen LogP contribution in [0.5, 0.6) is 0 Å². The van der Waals surface area contributed by atoms with Gasteiger partial charge in [0.25, 0.3) is 0 Å². The minimum atomic E-state index is -3.22. The second-order valence-corrected chi connectivity index (χ2v) is 3.98. The molecule has 0 radical (unpaired) electrons. The molecule has 0 aliphatic carbocycles. The molecule has 0 atom stereocenters. The first-order valence-corrected chi connectivity index (χ1v) is 4.34. The van der Waals surface area contributed by atoms with E-state index in [1.165, 1.54) is 5.38 Å². The number of thiazole rings is 1. The Balaban J connectivity index is 2.92. The highest BCUT2D eigenvalue weighted by Crippen LogP contribution is 2.29. The summed E-state index contributed by atoms with van der Waals surface area (Å²) in [5, 5.41) is 9.46. The molecule has 0 spiro atoms. The quantitative estimate of drug-likeness (QED) is 0.862. The number of nitrogens with zero attached hydrogens (tertiary/aromatic N) is 1. The molecule has 2 nitrogen and oxygen atoms in total. The maximum absolute atomic E-state index is 12.6. The Bertz CT molecular complexity index is 252. The molecule has 0 fully saturated rings. The van der Waals surface area contributed by atoms with Crippen LogP contribution in [0.1, 0.15) is 5.69 Å². The Hall–Kier alpha value is -0.0700. The van der Waals surface area contributed by atoms with Crippen molar-refractivity contribution in [3.63, 3.8) is 0 Å². The van der Waals surface area contributed by atoms with E-state index in [1.807, 2.05) is 0 Å². The van der Waals surface area contributed by atoms with Crippen molar-refractivity contribution < 1.29 is 13.9 Å². The maximum atomic E-state index is 12.6. The summed E-state index contributed by atoms with van der Waals surface area (Å²) in [6.07, 6.45) is 0. The van der Waals surface area contributed by atoms with Gasteiger partial charge in [0, 0.05) is 5.38 Å². The first-order valence-electron chi connectivity index (χ1n) is 2.66. The molecule has 0 aliphatic heterocycles. The van der Waals surface area contributed by atoms with Crippen molar-refractivity contribution in [2.45, 2.75) is 5.92 Å². The Labute approximate surface area is 74.0 Å². The van der Waals surface area contributed by atoms with Crippen molar-refractivity contribution in [3.05, 3.63) is 15.0 Å². The molecule has 1 aromatic rings. The molecule has 1 aromatic heterocycles. The summed E-state index contributed by atoms with van der Waals surface area (Å²) in [5.41, 5.74) is -0.392. The van der Waals surface area contributed by atoms with Gasteiger partial charge >= 0.3 is 5.92 Å². The summed E-state index contributed by atoms with van der Waals surface area (Å²) in [6, 6.07) is 0. The molecule has 0 unspecified atom stereocenters. The summed E-state index contributed by atoms with van der Waals surface area (Å²) in [7, 11) is 0. The minimum Gasteiger partial charge on any atom is -0.390 e. The summed E-state index contributed by atoms with van der Waals surface area (Å²) < 4.78 is 25.5. The van der Waals surface area contributed by atoms with Gasteiger partial charge in [0.1, 0.15) is 12.3 Å². The average Bonchev–Trinajstić information content (AvgIpc) is 2.36. The van der Waals surface area contributed by atoms with Crippen LogP contribution in [-0.2, 0) is 5.92 Å². The van der Waals surface area contributed by atoms with Crippen LogP contribution in [0.25, 0.3) is 0 Å². The van der Waals surface area contributed by atoms with Gasteiger partial charge in [-0.3, -0.25) is 0 Å². The third-order valence-electron chi connectivity index (χ3n) is 1.05. The molecular formula is C5H4BrF2NOS. The zero-order valence-corrected chi connectivity index (χ0v) is 7.62. The Morgan fingerprint density at radius 2 is 2.36 bits per heavy atom. The summed E-state index contributed by atoms with van der Waals surface area (Å²) in [6.45, 7) is -1.21. The molecule has 1 rings (SSSR count). The third-order valence-corrected chi connectivity index (χ3v) is 2.41. The van der Waals surface area contributed by atoms with Crippen molar-refractivity contribution in [2.24, 2.45) is 0 Å². The van der Waals surface area contributed by atoms with Crippen molar-refractivity contribution in [1.29, 1.82) is 0 Å². The van der Waals surface area contributed by atoms with Crippen LogP contribution < -0.4 is 0 Å². The van der Waals surface area contributed by atoms with Crippen LogP contribution in [0.15, 0.2) is 9.30 Å². The molecule has 0 aliphatic rings. The average molecular weight is 244 g/mol. The number of alkyl halides is 2. The van der Waals surface area contributed by atoms with Crippen LogP contribution in [-0.4, -0.2) is 16.7 Å². The molecule has 11 heavy (non-hydrogen) atoms. The number of hydrogen-bond acceptors (Lipinski definition) is 3. The van der Waals surface area contributed by atoms with E-state index in [9.17, 15) is 8.78 Å². The van der Waals surface area contributed by atoms with Gasteiger partial charge in [-0.2, -0.15) is 8.78 Å². The van der Waals surface area contributed by atoms with Gasteiger partial charge < -0.3 is 5.11 Å². The van der Waals surface area contributed by atoms with Crippen LogP contribution >= 0.6 is 27.3 Å². The molecule has 0 bridgehead atoms. The summed E-state index contributed by atoms with van der Waals surface area (Å²) >= 11 is 4.01. The zero-order valence-electron chi connectivity index (χ0n) is 5.22. The normalized spacial score (nSPS) is 12.0. The lowest BCUT2D eigenvalue weighted by Crippen LogP contribution is -2.18. The molecule has 1 N–H and O–H groups in total. The second kappa shape index (κ2) is 3.12. The Morgan fingerprint density at radius 1 is 1.73 bits per heavy atom. The fourth-order valence-electron chi connectivity index (χ4n) is 0.501. The largest absolute Gasteiger partial charge is 0.390 e. The van der Waals surface area contributed by atoms with E-state index in [1.54, 1.807) is 0 Å². The van der Waals surface area contributed by atoms with E-state index in [0.29, 0.717) is 3.92 Å². The predicted molar refractivity (Wildman–Crippen MR) is 40.8 cm³/mol. The van der Waals surface area contributed by atoms with Crippen LogP contribution in [0.2, 0.25) is 0 Å². The fraction of sp³-hybridized carbons (Fsp3) is 0.400. The highest BCUT2D eigenvalue weighted by atomic mass is 79.9. The number of hydrogen-bond donors (Lipinski definition) is 1. The van der Waals surface area contributed by atoms with Crippen molar-refractivity contribution in [1.82, 2.24) is 4.98 Å². The molecule has 0 saturated heterocycles. The smallest absolute Gasteiger partial charge is 0.313 e. The summed E-state index contributed by atoms with van der Waals surface area (Å²) in [4.78, 5) is 3.48. The molecular weight excluding hydrogens is 240 g/mol. The predicted octanol–water partition coefficient (Wildman–Crippen LogP) is 1.99. The number of aliphatic hydroxyl groups is 1. The molecule has 0 aromatic carbocycles. The van der Waals surface area contributed by atoms with Gasteiger partial charge in [-0.05, 0) is 15.9 Å². The standard InChI is InChI=1S/C5H4BrF2NOS/c6-4-9-3(1-11-4)5(7,8)2-10/h1,10H,2H2. The topological polar surface area (TPSA) is 33.1 Å². The minimum absolute atomic E-state index is 0.389. The second-order valence-electron chi connectivity index (χ2n) is 1.85. The lowest BCUT2D eigenvalue weighted by molar-refractivity contribution is -0.0588. The highest BCUT2D eigenvalue weighted by molar-refractivity contribution is 9.11. The molecule has 1 heterocycles. The zero-order chi connectivity index (χ0) is 8.48. The Morgan fingerprint density at radius 3 is 2.73 bits per heavy atom. The fourth-order valence-corrected chi connectivity index (χ4v) is 1.56. The third kappa shape index (κ3) is 1.94. The van der Waals surface area contributed by atoms with Gasteiger partial charge in [0.2, 0.25) is 0 Å². The van der Waals surface area contributed by atoms with Crippen LogP contribution in [0.4, 0.5) is 8.78 Å². The maximum Gasteiger partial charge on any atom is 0.313 e. The number of rotatable bonds is 2. The van der Waals surface area contributed by atoms with E-state index in [-0.39, 0.29) is 0 Å². The van der Waals surface area contributed by atoms with Crippen molar-refractivity contribution in [3.8, 4) is 0 Å². The summed E-state index contributed by atoms with van der Waals surface area (Å²) in [5.74, 6) is -3.22. The monoisotopic (exact) mass is 243 g/mol. The van der Waals surface area contributed by atoms with Gasteiger partial charge in [-0.25, -0.2) is 4.98 Å². The number of aromatic nitrogens is 1. The number of halogens is 3. The SMILES string of the molecule is OCC(F)(F)c1csc(Br)n1. The molecule has 0 saturated carbocycles. The van der Waals surface area contributed by atoms with Crippen LogP contribution in [0, 0.1) is 0 Å².